The van der Waals surface area contributed by atoms with Crippen molar-refractivity contribution in [3.05, 3.63) is 101 Å². The maximum Gasteiger partial charge on any atom is 0.333 e. The third kappa shape index (κ3) is 16.1. The van der Waals surface area contributed by atoms with Crippen molar-refractivity contribution in [2.24, 2.45) is 11.3 Å². The zero-order valence-electron chi connectivity index (χ0n) is 38.4. The van der Waals surface area contributed by atoms with Crippen molar-refractivity contribution in [1.29, 1.82) is 0 Å². The van der Waals surface area contributed by atoms with E-state index in [1.165, 1.54) is 83.3 Å². The van der Waals surface area contributed by atoms with Crippen LogP contribution in [-0.2, 0) is 57.4 Å². The molecule has 0 amide bonds. The van der Waals surface area contributed by atoms with Crippen LogP contribution in [0, 0.1) is 11.3 Å². The van der Waals surface area contributed by atoms with Crippen molar-refractivity contribution >= 4 is 23.9 Å². The summed E-state index contributed by atoms with van der Waals surface area (Å²) >= 11 is 0. The zero-order chi connectivity index (χ0) is 45.8. The molecule has 0 spiro atoms. The minimum Gasteiger partial charge on any atom is -0.492 e. The van der Waals surface area contributed by atoms with E-state index in [1.807, 2.05) is 0 Å². The summed E-state index contributed by atoms with van der Waals surface area (Å²) in [4.78, 5) is 50.5. The molecular formula is C52H72O10. The molecule has 0 saturated heterocycles. The first-order valence-corrected chi connectivity index (χ1v) is 22.4. The van der Waals surface area contributed by atoms with Gasteiger partial charge in [0.05, 0.1) is 6.61 Å². The van der Waals surface area contributed by atoms with Crippen molar-refractivity contribution in [3.8, 4) is 16.9 Å². The van der Waals surface area contributed by atoms with Gasteiger partial charge in [0.2, 0.25) is 0 Å². The fraction of sp³-hybridized carbons (Fsp3) is 0.538. The fourth-order valence-electron chi connectivity index (χ4n) is 7.70. The molecule has 0 radical (unpaired) electrons. The van der Waals surface area contributed by atoms with E-state index < -0.39 is 29.3 Å². The van der Waals surface area contributed by atoms with Crippen molar-refractivity contribution in [2.75, 3.05) is 39.6 Å². The first kappa shape index (κ1) is 51.4. The number of hydrogen-bond acceptors (Lipinski definition) is 10. The molecule has 0 aromatic heterocycles. The number of carbonyl (C=O) groups excluding carboxylic acids is 4. The highest BCUT2D eigenvalue weighted by Gasteiger charge is 2.38. The van der Waals surface area contributed by atoms with Crippen LogP contribution in [0.25, 0.3) is 11.1 Å². The van der Waals surface area contributed by atoms with E-state index in [9.17, 15) is 24.3 Å². The number of hydrogen-bond donors (Lipinski definition) is 1. The van der Waals surface area contributed by atoms with Crippen molar-refractivity contribution < 1.29 is 48.0 Å². The smallest absolute Gasteiger partial charge is 0.333 e. The average Bonchev–Trinajstić information content (AvgIpc) is 3.26. The molecule has 1 aliphatic rings. The minimum atomic E-state index is -1.39. The molecule has 1 N–H and O–H groups in total. The van der Waals surface area contributed by atoms with E-state index in [0.29, 0.717) is 42.9 Å². The topological polar surface area (TPSA) is 135 Å². The SMILES string of the molecule is C=C(C)C(=O)OCCCc1cc(-c2ccc(C3CCC(CCCCC)CC3)cc2CC)cc(CCCO)c1OCC(COC(=O)C(=C)C)(COC(=O)C(=C)C)COC(=O)C(=C)C. The van der Waals surface area contributed by atoms with Crippen molar-refractivity contribution in [1.82, 2.24) is 0 Å². The van der Waals surface area contributed by atoms with Crippen LogP contribution in [-0.4, -0.2) is 68.6 Å². The predicted molar refractivity (Wildman–Crippen MR) is 245 cm³/mol. The van der Waals surface area contributed by atoms with Gasteiger partial charge in [-0.15, -0.1) is 0 Å². The molecule has 1 fully saturated rings. The Kier molecular flexibility index (Phi) is 21.4. The Hall–Kier alpha value is -4.96. The second kappa shape index (κ2) is 25.8. The standard InChI is InChI=1S/C52H72O10/c1-11-13-14-17-39-20-22-41(23-21-39)42-24-25-46(40(12-2)28-42)45-29-43(18-15-26-53)47(44(30-45)19-16-27-58-48(54)35(3)4)59-31-52(32-60-49(55)36(5)6,33-61-50(56)37(7)8)34-62-51(57)38(9)10/h24-25,28-30,39,41,53H,3,5,7,9,11-23,26-27,31-34H2,1-2,4,6,8,10H3. The largest absolute Gasteiger partial charge is 0.492 e. The summed E-state index contributed by atoms with van der Waals surface area (Å²) in [6.45, 7) is 24.1. The summed E-state index contributed by atoms with van der Waals surface area (Å²) in [5, 5.41) is 10.0. The van der Waals surface area contributed by atoms with Gasteiger partial charge in [-0.3, -0.25) is 0 Å². The molecule has 62 heavy (non-hydrogen) atoms. The van der Waals surface area contributed by atoms with Gasteiger partial charge in [0.1, 0.15) is 37.6 Å². The van der Waals surface area contributed by atoms with Crippen LogP contribution in [0.3, 0.4) is 0 Å². The van der Waals surface area contributed by atoms with Crippen LogP contribution in [0.1, 0.15) is 134 Å². The van der Waals surface area contributed by atoms with Gasteiger partial charge in [0, 0.05) is 28.9 Å². The third-order valence-corrected chi connectivity index (χ3v) is 11.5. The van der Waals surface area contributed by atoms with Gasteiger partial charge in [-0.2, -0.15) is 0 Å². The highest BCUT2D eigenvalue weighted by molar-refractivity contribution is 5.88. The van der Waals surface area contributed by atoms with Crippen molar-refractivity contribution in [3.63, 3.8) is 0 Å². The summed E-state index contributed by atoms with van der Waals surface area (Å²) < 4.78 is 29.1. The molecule has 0 unspecified atom stereocenters. The highest BCUT2D eigenvalue weighted by atomic mass is 16.6. The van der Waals surface area contributed by atoms with Crippen LogP contribution < -0.4 is 4.74 Å². The number of aryl methyl sites for hydroxylation is 3. The number of aliphatic hydroxyl groups is 1. The lowest BCUT2D eigenvalue weighted by atomic mass is 9.76. The lowest BCUT2D eigenvalue weighted by Crippen LogP contribution is -2.44. The van der Waals surface area contributed by atoms with Crippen LogP contribution in [0.2, 0.25) is 0 Å². The molecule has 340 valence electrons. The summed E-state index contributed by atoms with van der Waals surface area (Å²) in [5.41, 5.74) is 5.75. The number of benzene rings is 2. The normalized spacial score (nSPS) is 15.0. The summed E-state index contributed by atoms with van der Waals surface area (Å²) in [6.07, 6.45) is 12.9. The molecular weight excluding hydrogens is 785 g/mol. The van der Waals surface area contributed by atoms with E-state index in [1.54, 1.807) is 6.92 Å². The van der Waals surface area contributed by atoms with Gasteiger partial charge >= 0.3 is 23.9 Å². The van der Waals surface area contributed by atoms with Crippen LogP contribution >= 0.6 is 0 Å². The van der Waals surface area contributed by atoms with Crippen LogP contribution in [0.4, 0.5) is 0 Å². The Morgan fingerprint density at radius 2 is 1.16 bits per heavy atom. The molecule has 2 aromatic carbocycles. The molecule has 10 heteroatoms. The molecule has 1 saturated carbocycles. The number of aliphatic hydroxyl groups excluding tert-OH is 1. The van der Waals surface area contributed by atoms with Crippen molar-refractivity contribution in [2.45, 2.75) is 131 Å². The molecule has 0 aliphatic heterocycles. The van der Waals surface area contributed by atoms with Gasteiger partial charge < -0.3 is 28.8 Å². The lowest BCUT2D eigenvalue weighted by Gasteiger charge is -2.33. The Morgan fingerprint density at radius 3 is 1.65 bits per heavy atom. The number of unbranched alkanes of at least 4 members (excludes halogenated alkanes) is 2. The van der Waals surface area contributed by atoms with Gasteiger partial charge in [-0.05, 0) is 143 Å². The minimum absolute atomic E-state index is 0.0554. The highest BCUT2D eigenvalue weighted by Crippen LogP contribution is 2.41. The van der Waals surface area contributed by atoms with Gasteiger partial charge in [-0.25, -0.2) is 19.2 Å². The second-order valence-corrected chi connectivity index (χ2v) is 17.3. The average molecular weight is 857 g/mol. The van der Waals surface area contributed by atoms with Gasteiger partial charge in [-0.1, -0.05) is 84.0 Å². The first-order chi connectivity index (χ1) is 29.5. The number of rotatable bonds is 27. The van der Waals surface area contributed by atoms with Gasteiger partial charge in [0.15, 0.2) is 0 Å². The maximum absolute atomic E-state index is 12.7. The molecule has 0 heterocycles. The zero-order valence-corrected chi connectivity index (χ0v) is 38.4. The fourth-order valence-corrected chi connectivity index (χ4v) is 7.70. The van der Waals surface area contributed by atoms with E-state index in [4.69, 9.17) is 23.7 Å². The van der Waals surface area contributed by atoms with Crippen LogP contribution in [0.5, 0.6) is 5.75 Å². The Bertz CT molecular complexity index is 1820. The number of esters is 4. The number of ether oxygens (including phenoxy) is 5. The van der Waals surface area contributed by atoms with E-state index >= 15 is 0 Å². The first-order valence-electron chi connectivity index (χ1n) is 22.4. The van der Waals surface area contributed by atoms with E-state index in [2.05, 4.69) is 70.5 Å². The van der Waals surface area contributed by atoms with E-state index in [-0.39, 0.29) is 56.4 Å². The van der Waals surface area contributed by atoms with Gasteiger partial charge in [0.25, 0.3) is 0 Å². The molecule has 1 aliphatic carbocycles. The lowest BCUT2D eigenvalue weighted by molar-refractivity contribution is -0.159. The monoisotopic (exact) mass is 857 g/mol. The summed E-state index contributed by atoms with van der Waals surface area (Å²) in [5.74, 6) is -0.624. The number of carbonyl (C=O) groups is 4. The molecule has 3 rings (SSSR count). The Balaban J connectivity index is 2.12. The maximum atomic E-state index is 12.7. The predicted octanol–water partition coefficient (Wildman–Crippen LogP) is 10.5. The third-order valence-electron chi connectivity index (χ3n) is 11.5. The summed E-state index contributed by atoms with van der Waals surface area (Å²) in [6, 6.07) is 11.1. The Labute approximate surface area is 370 Å². The molecule has 0 bridgehead atoms. The van der Waals surface area contributed by atoms with E-state index in [0.717, 1.165) is 34.6 Å². The van der Waals surface area contributed by atoms with Crippen LogP contribution in [0.15, 0.2) is 78.9 Å². The molecule has 10 nitrogen and oxygen atoms in total. The molecule has 0 atom stereocenters. The molecule has 2 aromatic rings. The summed E-state index contributed by atoms with van der Waals surface area (Å²) in [7, 11) is 0. The second-order valence-electron chi connectivity index (χ2n) is 17.3. The quantitative estimate of drug-likeness (QED) is 0.0400. The Morgan fingerprint density at radius 1 is 0.645 bits per heavy atom.